The first kappa shape index (κ1) is 11.7. The number of hydrogen-bond acceptors (Lipinski definition) is 3. The Morgan fingerprint density at radius 3 is 2.69 bits per heavy atom. The highest BCUT2D eigenvalue weighted by molar-refractivity contribution is 5.68. The van der Waals surface area contributed by atoms with Gasteiger partial charge in [-0.25, -0.2) is 4.79 Å². The highest BCUT2D eigenvalue weighted by atomic mass is 16.6. The molecule has 0 aromatic rings. The van der Waals surface area contributed by atoms with E-state index in [1.807, 2.05) is 25.7 Å². The summed E-state index contributed by atoms with van der Waals surface area (Å²) in [4.78, 5) is 13.7. The van der Waals surface area contributed by atoms with Crippen LogP contribution in [0.25, 0.3) is 0 Å². The van der Waals surface area contributed by atoms with E-state index in [1.165, 1.54) is 6.42 Å². The summed E-state index contributed by atoms with van der Waals surface area (Å²) in [7, 11) is 0. The van der Waals surface area contributed by atoms with Crippen molar-refractivity contribution >= 4 is 6.09 Å². The number of hydrogen-bond donors (Lipinski definition) is 0. The van der Waals surface area contributed by atoms with Crippen LogP contribution < -0.4 is 0 Å². The highest BCUT2D eigenvalue weighted by Crippen LogP contribution is 2.29. The largest absolute Gasteiger partial charge is 0.444 e. The second kappa shape index (κ2) is 4.24. The molecule has 1 amide bonds. The van der Waals surface area contributed by atoms with Gasteiger partial charge in [-0.15, -0.1) is 0 Å². The summed E-state index contributed by atoms with van der Waals surface area (Å²) in [5, 5.41) is 0. The summed E-state index contributed by atoms with van der Waals surface area (Å²) in [6, 6.07) is 0. The molecule has 0 bridgehead atoms. The van der Waals surface area contributed by atoms with Crippen molar-refractivity contribution in [2.24, 2.45) is 5.92 Å². The molecule has 2 rings (SSSR count). The quantitative estimate of drug-likeness (QED) is 0.644. The van der Waals surface area contributed by atoms with Crippen molar-refractivity contribution in [1.29, 1.82) is 0 Å². The second-order valence-electron chi connectivity index (χ2n) is 5.70. The molecule has 2 atom stereocenters. The fourth-order valence-corrected chi connectivity index (χ4v) is 2.13. The lowest BCUT2D eigenvalue weighted by Crippen LogP contribution is -2.44. The van der Waals surface area contributed by atoms with Gasteiger partial charge in [-0.1, -0.05) is 0 Å². The zero-order chi connectivity index (χ0) is 11.8. The molecule has 0 spiro atoms. The van der Waals surface area contributed by atoms with Gasteiger partial charge in [0.15, 0.2) is 0 Å². The first-order valence-corrected chi connectivity index (χ1v) is 6.05. The summed E-state index contributed by atoms with van der Waals surface area (Å²) < 4.78 is 10.7. The molecule has 2 aliphatic heterocycles. The Morgan fingerprint density at radius 2 is 2.12 bits per heavy atom. The van der Waals surface area contributed by atoms with Crippen LogP contribution >= 0.6 is 0 Å². The first-order valence-electron chi connectivity index (χ1n) is 6.05. The molecular weight excluding hydrogens is 206 g/mol. The molecule has 0 aromatic carbocycles. The van der Waals surface area contributed by atoms with Crippen molar-refractivity contribution in [3.05, 3.63) is 0 Å². The number of amides is 1. The molecule has 2 fully saturated rings. The maximum Gasteiger partial charge on any atom is 0.410 e. The predicted molar refractivity (Wildman–Crippen MR) is 60.3 cm³/mol. The van der Waals surface area contributed by atoms with E-state index in [2.05, 4.69) is 0 Å². The van der Waals surface area contributed by atoms with Crippen molar-refractivity contribution in [3.8, 4) is 0 Å². The molecule has 0 saturated carbocycles. The number of carbonyl (C=O) groups is 1. The zero-order valence-corrected chi connectivity index (χ0v) is 10.4. The van der Waals surface area contributed by atoms with Gasteiger partial charge in [0.1, 0.15) is 5.60 Å². The molecule has 0 unspecified atom stereocenters. The summed E-state index contributed by atoms with van der Waals surface area (Å²) in [5.41, 5.74) is -0.403. The summed E-state index contributed by atoms with van der Waals surface area (Å²) in [6.07, 6.45) is 2.44. The van der Waals surface area contributed by atoms with E-state index in [0.29, 0.717) is 12.0 Å². The lowest BCUT2D eigenvalue weighted by Gasteiger charge is -2.33. The first-order chi connectivity index (χ1) is 7.46. The van der Waals surface area contributed by atoms with Crippen LogP contribution in [0.1, 0.15) is 33.6 Å². The van der Waals surface area contributed by atoms with Crippen LogP contribution in [-0.2, 0) is 9.47 Å². The Morgan fingerprint density at radius 1 is 1.44 bits per heavy atom. The van der Waals surface area contributed by atoms with Crippen LogP contribution in [0.15, 0.2) is 0 Å². The standard InChI is InChI=1S/C12H21NO3/c1-12(2,3)16-11(14)13-6-4-5-9(7-13)10-8-15-10/h9-10H,4-8H2,1-3H3/t9-,10+/m1/s1. The second-order valence-corrected chi connectivity index (χ2v) is 5.70. The third-order valence-electron chi connectivity index (χ3n) is 2.99. The van der Waals surface area contributed by atoms with Gasteiger partial charge >= 0.3 is 6.09 Å². The maximum atomic E-state index is 11.9. The van der Waals surface area contributed by atoms with Crippen molar-refractivity contribution in [3.63, 3.8) is 0 Å². The molecule has 4 nitrogen and oxygen atoms in total. The number of rotatable bonds is 1. The average molecular weight is 227 g/mol. The third kappa shape index (κ3) is 3.11. The minimum Gasteiger partial charge on any atom is -0.444 e. The average Bonchev–Trinajstić information content (AvgIpc) is 2.98. The lowest BCUT2D eigenvalue weighted by atomic mass is 9.95. The maximum absolute atomic E-state index is 11.9. The highest BCUT2D eigenvalue weighted by Gasteiger charge is 2.37. The normalized spacial score (nSPS) is 30.1. The van der Waals surface area contributed by atoms with E-state index in [-0.39, 0.29) is 6.09 Å². The van der Waals surface area contributed by atoms with Crippen LogP contribution in [0.4, 0.5) is 4.79 Å². The fraction of sp³-hybridized carbons (Fsp3) is 0.917. The molecule has 2 saturated heterocycles. The molecule has 0 radical (unpaired) electrons. The van der Waals surface area contributed by atoms with E-state index in [0.717, 1.165) is 26.1 Å². The third-order valence-corrected chi connectivity index (χ3v) is 2.99. The number of carbonyl (C=O) groups excluding carboxylic acids is 1. The van der Waals surface area contributed by atoms with Crippen LogP contribution in [-0.4, -0.2) is 42.4 Å². The molecule has 2 aliphatic rings. The number of epoxide rings is 1. The van der Waals surface area contributed by atoms with Gasteiger partial charge in [0.05, 0.1) is 12.7 Å². The van der Waals surface area contributed by atoms with Gasteiger partial charge in [-0.05, 0) is 33.6 Å². The van der Waals surface area contributed by atoms with E-state index in [9.17, 15) is 4.79 Å². The SMILES string of the molecule is CC(C)(C)OC(=O)N1CCC[C@@H]([C@@H]2CO2)C1. The van der Waals surface area contributed by atoms with Crippen LogP contribution in [0.2, 0.25) is 0 Å². The Balaban J connectivity index is 1.86. The Bertz CT molecular complexity index is 268. The smallest absolute Gasteiger partial charge is 0.410 e. The van der Waals surface area contributed by atoms with Crippen LogP contribution in [0.3, 0.4) is 0 Å². The van der Waals surface area contributed by atoms with Gasteiger partial charge < -0.3 is 14.4 Å². The van der Waals surface area contributed by atoms with Crippen molar-refractivity contribution < 1.29 is 14.3 Å². The minimum atomic E-state index is -0.403. The van der Waals surface area contributed by atoms with Gasteiger partial charge in [0.2, 0.25) is 0 Å². The van der Waals surface area contributed by atoms with E-state index in [4.69, 9.17) is 9.47 Å². The van der Waals surface area contributed by atoms with E-state index >= 15 is 0 Å². The van der Waals surface area contributed by atoms with Crippen molar-refractivity contribution in [1.82, 2.24) is 4.90 Å². The fourth-order valence-electron chi connectivity index (χ4n) is 2.13. The van der Waals surface area contributed by atoms with Crippen molar-refractivity contribution in [2.75, 3.05) is 19.7 Å². The van der Waals surface area contributed by atoms with Gasteiger partial charge in [0.25, 0.3) is 0 Å². The molecule has 0 N–H and O–H groups in total. The van der Waals surface area contributed by atoms with Gasteiger partial charge in [-0.2, -0.15) is 0 Å². The summed E-state index contributed by atoms with van der Waals surface area (Å²) in [6.45, 7) is 8.17. The number of likely N-dealkylation sites (tertiary alicyclic amines) is 1. The topological polar surface area (TPSA) is 42.1 Å². The van der Waals surface area contributed by atoms with E-state index < -0.39 is 5.60 Å². The number of ether oxygens (including phenoxy) is 2. The van der Waals surface area contributed by atoms with Gasteiger partial charge in [-0.3, -0.25) is 0 Å². The Hall–Kier alpha value is -0.770. The number of piperidine rings is 1. The molecule has 4 heteroatoms. The molecule has 92 valence electrons. The molecule has 16 heavy (non-hydrogen) atoms. The molecule has 2 heterocycles. The molecule has 0 aliphatic carbocycles. The number of nitrogens with zero attached hydrogens (tertiary/aromatic N) is 1. The van der Waals surface area contributed by atoms with Crippen LogP contribution in [0, 0.1) is 5.92 Å². The summed E-state index contributed by atoms with van der Waals surface area (Å²) >= 11 is 0. The molecular formula is C12H21NO3. The lowest BCUT2D eigenvalue weighted by molar-refractivity contribution is 0.0151. The molecule has 0 aromatic heterocycles. The zero-order valence-electron chi connectivity index (χ0n) is 10.4. The minimum absolute atomic E-state index is 0.183. The van der Waals surface area contributed by atoms with Gasteiger partial charge in [0, 0.05) is 19.0 Å². The summed E-state index contributed by atoms with van der Waals surface area (Å²) in [5.74, 6) is 0.515. The van der Waals surface area contributed by atoms with Crippen LogP contribution in [0.5, 0.6) is 0 Å². The van der Waals surface area contributed by atoms with Crippen molar-refractivity contribution in [2.45, 2.75) is 45.3 Å². The Labute approximate surface area is 96.9 Å². The Kier molecular flexibility index (Phi) is 3.10. The monoisotopic (exact) mass is 227 g/mol. The van der Waals surface area contributed by atoms with E-state index in [1.54, 1.807) is 0 Å². The predicted octanol–water partition coefficient (Wildman–Crippen LogP) is 2.03.